The Kier molecular flexibility index (Phi) is 8.72. The molecular weight excluding hydrogens is 543 g/mol. The summed E-state index contributed by atoms with van der Waals surface area (Å²) in [5, 5.41) is 11.3. The van der Waals surface area contributed by atoms with Crippen molar-refractivity contribution in [3.63, 3.8) is 0 Å². The monoisotopic (exact) mass is 570 g/mol. The van der Waals surface area contributed by atoms with Crippen LogP contribution in [0, 0.1) is 0 Å². The number of aryl methyl sites for hydroxylation is 1. The van der Waals surface area contributed by atoms with Gasteiger partial charge in [0.05, 0.1) is 13.1 Å². The molecule has 1 fully saturated rings. The predicted molar refractivity (Wildman–Crippen MR) is 147 cm³/mol. The Morgan fingerprint density at radius 3 is 2.42 bits per heavy atom. The number of thioether (sulfide) groups is 1. The molecule has 1 aliphatic rings. The first kappa shape index (κ1) is 23.7. The van der Waals surface area contributed by atoms with Crippen LogP contribution in [-0.4, -0.2) is 32.9 Å². The SMILES string of the molecule is Oc1cc(/C=C2/CN(CCCc3ccccc3)C(=NCc3ccccc3)S2)ccc1OCI. The van der Waals surface area contributed by atoms with Gasteiger partial charge in [-0.05, 0) is 70.3 Å². The molecule has 0 unspecified atom stereocenters. The molecule has 6 heteroatoms. The van der Waals surface area contributed by atoms with Crippen LogP contribution >= 0.6 is 34.4 Å². The van der Waals surface area contributed by atoms with Gasteiger partial charge in [0.15, 0.2) is 16.7 Å². The molecule has 0 atom stereocenters. The first-order valence-electron chi connectivity index (χ1n) is 11.0. The van der Waals surface area contributed by atoms with Crippen molar-refractivity contribution in [3.8, 4) is 11.5 Å². The van der Waals surface area contributed by atoms with Crippen molar-refractivity contribution in [2.75, 3.05) is 17.7 Å². The van der Waals surface area contributed by atoms with Crippen LogP contribution in [0.25, 0.3) is 6.08 Å². The largest absolute Gasteiger partial charge is 0.504 e. The van der Waals surface area contributed by atoms with Crippen molar-refractivity contribution in [3.05, 3.63) is 100 Å². The van der Waals surface area contributed by atoms with Gasteiger partial charge in [0.25, 0.3) is 0 Å². The van der Waals surface area contributed by atoms with E-state index in [1.54, 1.807) is 17.8 Å². The fourth-order valence-corrected chi connectivity index (χ4v) is 5.10. The van der Waals surface area contributed by atoms with E-state index >= 15 is 0 Å². The number of hydrogen-bond acceptors (Lipinski definition) is 4. The summed E-state index contributed by atoms with van der Waals surface area (Å²) in [7, 11) is 0. The average Bonchev–Trinajstić information content (AvgIpc) is 3.22. The van der Waals surface area contributed by atoms with Crippen molar-refractivity contribution in [2.24, 2.45) is 4.99 Å². The number of nitrogens with zero attached hydrogens (tertiary/aromatic N) is 2. The molecule has 1 heterocycles. The molecule has 1 saturated heterocycles. The molecule has 0 saturated carbocycles. The summed E-state index contributed by atoms with van der Waals surface area (Å²) in [5.41, 5.74) is 3.54. The van der Waals surface area contributed by atoms with Crippen molar-refractivity contribution in [2.45, 2.75) is 19.4 Å². The second-order valence-corrected chi connectivity index (χ2v) is 9.50. The molecule has 4 nitrogen and oxygen atoms in total. The van der Waals surface area contributed by atoms with E-state index < -0.39 is 0 Å². The lowest BCUT2D eigenvalue weighted by Crippen LogP contribution is -2.25. The highest BCUT2D eigenvalue weighted by Crippen LogP contribution is 2.34. The zero-order chi connectivity index (χ0) is 22.9. The Morgan fingerprint density at radius 1 is 1.00 bits per heavy atom. The number of benzene rings is 3. The van der Waals surface area contributed by atoms with E-state index in [4.69, 9.17) is 9.73 Å². The van der Waals surface area contributed by atoms with E-state index in [1.807, 2.05) is 18.2 Å². The minimum absolute atomic E-state index is 0.168. The maximum absolute atomic E-state index is 10.2. The molecule has 170 valence electrons. The number of ether oxygens (including phenoxy) is 1. The van der Waals surface area contributed by atoms with Crippen molar-refractivity contribution in [1.29, 1.82) is 0 Å². The summed E-state index contributed by atoms with van der Waals surface area (Å²) in [6.45, 7) is 2.47. The number of halogens is 1. The summed E-state index contributed by atoms with van der Waals surface area (Å²) in [4.78, 5) is 8.54. The van der Waals surface area contributed by atoms with Gasteiger partial charge in [0.1, 0.15) is 4.61 Å². The normalized spacial score (nSPS) is 16.0. The van der Waals surface area contributed by atoms with Gasteiger partial charge in [-0.2, -0.15) is 0 Å². The number of rotatable bonds is 9. The van der Waals surface area contributed by atoms with Crippen LogP contribution < -0.4 is 4.74 Å². The second kappa shape index (κ2) is 12.1. The first-order chi connectivity index (χ1) is 16.2. The quantitative estimate of drug-likeness (QED) is 0.229. The number of aromatic hydroxyl groups is 1. The lowest BCUT2D eigenvalue weighted by Gasteiger charge is -2.17. The Balaban J connectivity index is 1.47. The van der Waals surface area contributed by atoms with Gasteiger partial charge in [-0.25, -0.2) is 0 Å². The third-order valence-electron chi connectivity index (χ3n) is 5.34. The third kappa shape index (κ3) is 7.01. The summed E-state index contributed by atoms with van der Waals surface area (Å²) in [6, 6.07) is 26.6. The van der Waals surface area contributed by atoms with Crippen LogP contribution in [0.4, 0.5) is 0 Å². The van der Waals surface area contributed by atoms with Gasteiger partial charge < -0.3 is 14.7 Å². The molecule has 3 aromatic rings. The third-order valence-corrected chi connectivity index (χ3v) is 6.73. The number of aliphatic imine (C=N–C) groups is 1. The number of phenolic OH excluding ortho intramolecular Hbond substituents is 1. The van der Waals surface area contributed by atoms with E-state index in [0.29, 0.717) is 16.9 Å². The Bertz CT molecular complexity index is 1100. The second-order valence-electron chi connectivity index (χ2n) is 7.79. The molecule has 0 amide bonds. The predicted octanol–water partition coefficient (Wildman–Crippen LogP) is 6.74. The van der Waals surface area contributed by atoms with E-state index in [2.05, 4.69) is 88.2 Å². The Morgan fingerprint density at radius 2 is 1.73 bits per heavy atom. The maximum atomic E-state index is 10.2. The van der Waals surface area contributed by atoms with E-state index in [0.717, 1.165) is 36.7 Å². The molecule has 0 aromatic heterocycles. The molecule has 4 rings (SSSR count). The van der Waals surface area contributed by atoms with Crippen LogP contribution in [0.2, 0.25) is 0 Å². The standard InChI is InChI=1S/C27H27IN2O2S/c28-20-32-26-14-13-23(17-25(26)31)16-24-19-30(15-7-12-21-8-3-1-4-9-21)27(33-24)29-18-22-10-5-2-6-11-22/h1-6,8-11,13-14,16-17,31H,7,12,15,18-20H2/b24-16-,29-27?. The van der Waals surface area contributed by atoms with E-state index in [1.165, 1.54) is 16.0 Å². The van der Waals surface area contributed by atoms with Gasteiger partial charge >= 0.3 is 0 Å². The molecular formula is C27H27IN2O2S. The number of hydrogen-bond donors (Lipinski definition) is 1. The van der Waals surface area contributed by atoms with Gasteiger partial charge in [0, 0.05) is 11.4 Å². The summed E-state index contributed by atoms with van der Waals surface area (Å²) in [6.07, 6.45) is 4.26. The fourth-order valence-electron chi connectivity index (χ4n) is 3.70. The van der Waals surface area contributed by atoms with Crippen LogP contribution in [-0.2, 0) is 13.0 Å². The minimum Gasteiger partial charge on any atom is -0.504 e. The Hall–Kier alpha value is -2.45. The van der Waals surface area contributed by atoms with Crippen molar-refractivity contribution in [1.82, 2.24) is 4.90 Å². The maximum Gasteiger partial charge on any atom is 0.164 e. The highest BCUT2D eigenvalue weighted by Gasteiger charge is 2.23. The van der Waals surface area contributed by atoms with Crippen LogP contribution in [0.1, 0.15) is 23.1 Å². The molecule has 3 aromatic carbocycles. The molecule has 0 aliphatic carbocycles. The lowest BCUT2D eigenvalue weighted by atomic mass is 10.1. The zero-order valence-electron chi connectivity index (χ0n) is 18.4. The number of amidine groups is 1. The molecule has 0 radical (unpaired) electrons. The molecule has 33 heavy (non-hydrogen) atoms. The highest BCUT2D eigenvalue weighted by molar-refractivity contribution is 14.1. The number of alkyl halides is 1. The average molecular weight is 570 g/mol. The molecule has 0 bridgehead atoms. The summed E-state index contributed by atoms with van der Waals surface area (Å²) < 4.78 is 5.93. The molecule has 1 aliphatic heterocycles. The van der Waals surface area contributed by atoms with E-state index in [-0.39, 0.29) is 5.75 Å². The smallest absolute Gasteiger partial charge is 0.164 e. The summed E-state index contributed by atoms with van der Waals surface area (Å²) in [5.74, 6) is 0.681. The molecule has 0 spiro atoms. The van der Waals surface area contributed by atoms with Gasteiger partial charge in [-0.1, -0.05) is 78.5 Å². The van der Waals surface area contributed by atoms with Crippen molar-refractivity contribution >= 4 is 45.6 Å². The lowest BCUT2D eigenvalue weighted by molar-refractivity contribution is 0.366. The zero-order valence-corrected chi connectivity index (χ0v) is 21.3. The fraction of sp³-hybridized carbons (Fsp3) is 0.222. The van der Waals surface area contributed by atoms with Gasteiger partial charge in [-0.15, -0.1) is 0 Å². The van der Waals surface area contributed by atoms with Crippen LogP contribution in [0.5, 0.6) is 11.5 Å². The first-order valence-corrected chi connectivity index (χ1v) is 13.3. The van der Waals surface area contributed by atoms with Gasteiger partial charge in [-0.3, -0.25) is 4.99 Å². The van der Waals surface area contributed by atoms with E-state index in [9.17, 15) is 5.11 Å². The topological polar surface area (TPSA) is 45.1 Å². The van der Waals surface area contributed by atoms with Crippen LogP contribution in [0.3, 0.4) is 0 Å². The highest BCUT2D eigenvalue weighted by atomic mass is 127. The van der Waals surface area contributed by atoms with Crippen LogP contribution in [0.15, 0.2) is 88.8 Å². The Labute approximate surface area is 213 Å². The molecule has 1 N–H and O–H groups in total. The summed E-state index contributed by atoms with van der Waals surface area (Å²) >= 11 is 3.84. The number of phenols is 1. The van der Waals surface area contributed by atoms with Crippen molar-refractivity contribution < 1.29 is 9.84 Å². The van der Waals surface area contributed by atoms with Gasteiger partial charge in [0.2, 0.25) is 0 Å². The minimum atomic E-state index is 0.168.